The molecule has 144 valence electrons. The minimum Gasteiger partial charge on any atom is -0.345 e. The Hall–Kier alpha value is -2.56. The van der Waals surface area contributed by atoms with Gasteiger partial charge in [-0.25, -0.2) is 14.8 Å². The van der Waals surface area contributed by atoms with E-state index in [4.69, 9.17) is 0 Å². The van der Waals surface area contributed by atoms with E-state index in [0.717, 1.165) is 28.5 Å². The van der Waals surface area contributed by atoms with Gasteiger partial charge in [0.25, 0.3) is 0 Å². The fraction of sp³-hybridized carbons (Fsp3) is 0.438. The molecule has 7 nitrogen and oxygen atoms in total. The summed E-state index contributed by atoms with van der Waals surface area (Å²) < 4.78 is 39.2. The van der Waals surface area contributed by atoms with Crippen molar-refractivity contribution in [2.24, 2.45) is 0 Å². The molecule has 2 N–H and O–H groups in total. The van der Waals surface area contributed by atoms with Gasteiger partial charge in [-0.05, 0) is 6.07 Å². The molecule has 0 radical (unpaired) electrons. The maximum atomic E-state index is 12.4. The molecule has 4 heterocycles. The molecule has 0 spiro atoms. The lowest BCUT2D eigenvalue weighted by atomic mass is 10.3. The smallest absolute Gasteiger partial charge is 0.345 e. The minimum absolute atomic E-state index is 0.127. The van der Waals surface area contributed by atoms with Crippen molar-refractivity contribution in [2.75, 3.05) is 19.3 Å². The highest BCUT2D eigenvalue weighted by Crippen LogP contribution is 2.30. The fourth-order valence-electron chi connectivity index (χ4n) is 3.83. The summed E-state index contributed by atoms with van der Waals surface area (Å²) in [6.07, 6.45) is 1.44. The Balaban J connectivity index is 1.63. The highest BCUT2D eigenvalue weighted by Gasteiger charge is 2.39. The summed E-state index contributed by atoms with van der Waals surface area (Å²) in [6, 6.07) is 2.22. The third-order valence-corrected chi connectivity index (χ3v) is 8.79. The maximum absolute atomic E-state index is 12.4. The summed E-state index contributed by atoms with van der Waals surface area (Å²) in [4.78, 5) is 25.6. The Morgan fingerprint density at radius 1 is 1.41 bits per heavy atom. The number of carbonyl (C=O) groups excluding carboxylic acids is 1. The molecule has 11 heteroatoms. The Bertz CT molecular complexity index is 984. The number of H-pyrrole nitrogens is 1. The second-order valence-electron chi connectivity index (χ2n) is 6.80. The van der Waals surface area contributed by atoms with E-state index in [1.807, 2.05) is 15.8 Å². The van der Waals surface area contributed by atoms with E-state index < -0.39 is 27.5 Å². The number of carbonyl (C=O) groups is 1. The number of urea groups is 1. The van der Waals surface area contributed by atoms with Crippen LogP contribution in [0.3, 0.4) is 0 Å². The lowest BCUT2D eigenvalue weighted by Gasteiger charge is -2.18. The van der Waals surface area contributed by atoms with Crippen LogP contribution in [-0.4, -0.2) is 64.5 Å². The van der Waals surface area contributed by atoms with Gasteiger partial charge in [0, 0.05) is 36.3 Å². The van der Waals surface area contributed by atoms with Crippen molar-refractivity contribution in [3.05, 3.63) is 30.4 Å². The van der Waals surface area contributed by atoms with E-state index in [1.54, 1.807) is 18.6 Å². The van der Waals surface area contributed by atoms with E-state index in [1.165, 1.54) is 4.90 Å². The Kier molecular flexibility index (Phi) is 4.33. The predicted octanol–water partition coefficient (Wildman–Crippen LogP) is 2.21. The van der Waals surface area contributed by atoms with Gasteiger partial charge >= 0.3 is 12.2 Å². The van der Waals surface area contributed by atoms with Crippen LogP contribution in [-0.2, 0) is 0 Å². The summed E-state index contributed by atoms with van der Waals surface area (Å²) in [7, 11) is -1.43. The topological polar surface area (TPSA) is 78.3 Å². The molecular weight excluding hydrogens is 377 g/mol. The predicted molar refractivity (Wildman–Crippen MR) is 96.2 cm³/mol. The number of aromatic nitrogens is 4. The van der Waals surface area contributed by atoms with Gasteiger partial charge in [-0.2, -0.15) is 13.2 Å². The lowest BCUT2D eigenvalue weighted by Crippen LogP contribution is -2.43. The summed E-state index contributed by atoms with van der Waals surface area (Å²) in [5, 5.41) is 1.98. The molecule has 0 aromatic carbocycles. The Morgan fingerprint density at radius 3 is 2.96 bits per heavy atom. The van der Waals surface area contributed by atoms with Gasteiger partial charge in [-0.15, -0.1) is 0 Å². The Morgan fingerprint density at radius 2 is 2.22 bits per heavy atom. The zero-order valence-electron chi connectivity index (χ0n) is 14.6. The first-order chi connectivity index (χ1) is 12.9. The van der Waals surface area contributed by atoms with Crippen LogP contribution in [0.25, 0.3) is 16.8 Å². The second-order valence-corrected chi connectivity index (χ2v) is 10.3. The molecule has 0 unspecified atom stereocenters. The van der Waals surface area contributed by atoms with Crippen LogP contribution in [0, 0.1) is 0 Å². The number of rotatable bonds is 3. The number of fused-ring (bicyclic) bond motifs is 3. The summed E-state index contributed by atoms with van der Waals surface area (Å²) in [5.74, 6) is 0. The number of amides is 2. The third-order valence-electron chi connectivity index (χ3n) is 5.14. The van der Waals surface area contributed by atoms with Gasteiger partial charge in [0.15, 0.2) is 11.3 Å². The highest BCUT2D eigenvalue weighted by atomic mass is 28.3. The molecule has 2 amide bonds. The highest BCUT2D eigenvalue weighted by molar-refractivity contribution is 6.61. The van der Waals surface area contributed by atoms with E-state index in [2.05, 4.69) is 21.9 Å². The summed E-state index contributed by atoms with van der Waals surface area (Å²) >= 11 is 0. The molecule has 0 bridgehead atoms. The van der Waals surface area contributed by atoms with Crippen molar-refractivity contribution < 1.29 is 18.0 Å². The van der Waals surface area contributed by atoms with Crippen LogP contribution >= 0.6 is 0 Å². The molecular formula is C16H19F3N6OSi. The first kappa shape index (κ1) is 17.8. The molecule has 27 heavy (non-hydrogen) atoms. The van der Waals surface area contributed by atoms with Crippen LogP contribution in [0.5, 0.6) is 0 Å². The molecule has 3 aromatic heterocycles. The van der Waals surface area contributed by atoms with Crippen LogP contribution in [0.2, 0.25) is 6.04 Å². The quantitative estimate of drug-likeness (QED) is 0.667. The molecule has 0 aliphatic carbocycles. The number of imidazole rings is 1. The number of halogens is 3. The van der Waals surface area contributed by atoms with E-state index >= 15 is 0 Å². The largest absolute Gasteiger partial charge is 0.405 e. The molecule has 1 fully saturated rings. The van der Waals surface area contributed by atoms with E-state index in [9.17, 15) is 18.0 Å². The number of aromatic amines is 1. The van der Waals surface area contributed by atoms with Crippen molar-refractivity contribution in [3.8, 4) is 0 Å². The first-order valence-corrected chi connectivity index (χ1v) is 11.1. The third kappa shape index (κ3) is 3.26. The van der Waals surface area contributed by atoms with Gasteiger partial charge in [-0.1, -0.05) is 13.0 Å². The van der Waals surface area contributed by atoms with Gasteiger partial charge < -0.3 is 15.2 Å². The standard InChI is InChI=1S/C16H19F3N6OSi/c1-2-27-9-24(15(26)23-8-16(17,18)19)7-12(27)11-5-21-13-6-22-14-10(25(11)13)3-4-20-14/h3-6,12,20,27H,2,7-9H2,1H3,(H,23,26)/t12-,27-/m1/s1. The monoisotopic (exact) mass is 396 g/mol. The number of hydrogen-bond acceptors (Lipinski definition) is 3. The van der Waals surface area contributed by atoms with Crippen LogP contribution < -0.4 is 5.32 Å². The molecule has 1 aliphatic rings. The minimum atomic E-state index is -4.41. The number of nitrogens with one attached hydrogen (secondary N) is 2. The van der Waals surface area contributed by atoms with Crippen molar-refractivity contribution in [2.45, 2.75) is 24.7 Å². The number of hydrogen-bond donors (Lipinski definition) is 2. The second kappa shape index (κ2) is 6.55. The van der Waals surface area contributed by atoms with E-state index in [-0.39, 0.29) is 5.54 Å². The van der Waals surface area contributed by atoms with Crippen LogP contribution in [0.1, 0.15) is 18.2 Å². The molecule has 0 saturated carbocycles. The van der Waals surface area contributed by atoms with Crippen molar-refractivity contribution >= 4 is 31.6 Å². The molecule has 4 rings (SSSR count). The number of alkyl halides is 3. The molecule has 2 atom stereocenters. The van der Waals surface area contributed by atoms with Crippen molar-refractivity contribution in [1.29, 1.82) is 0 Å². The number of nitrogens with zero attached hydrogens (tertiary/aromatic N) is 4. The molecule has 3 aromatic rings. The zero-order chi connectivity index (χ0) is 19.2. The molecule has 1 aliphatic heterocycles. The van der Waals surface area contributed by atoms with Crippen LogP contribution in [0.15, 0.2) is 24.7 Å². The average molecular weight is 396 g/mol. The van der Waals surface area contributed by atoms with Crippen molar-refractivity contribution in [1.82, 2.24) is 29.6 Å². The molecule has 1 saturated heterocycles. The lowest BCUT2D eigenvalue weighted by molar-refractivity contribution is -0.123. The fourth-order valence-corrected chi connectivity index (χ4v) is 7.06. The van der Waals surface area contributed by atoms with Gasteiger partial charge in [-0.3, -0.25) is 4.40 Å². The first-order valence-electron chi connectivity index (χ1n) is 8.76. The van der Waals surface area contributed by atoms with Crippen LogP contribution in [0.4, 0.5) is 18.0 Å². The van der Waals surface area contributed by atoms with Gasteiger partial charge in [0.1, 0.15) is 6.54 Å². The van der Waals surface area contributed by atoms with Crippen molar-refractivity contribution in [3.63, 3.8) is 0 Å². The summed E-state index contributed by atoms with van der Waals surface area (Å²) in [6.45, 7) is 1.19. The van der Waals surface area contributed by atoms with E-state index in [0.29, 0.717) is 12.7 Å². The van der Waals surface area contributed by atoms with Gasteiger partial charge in [0.2, 0.25) is 0 Å². The summed E-state index contributed by atoms with van der Waals surface area (Å²) in [5.41, 5.74) is 3.50. The maximum Gasteiger partial charge on any atom is 0.405 e. The SMILES string of the molecule is CC[Si@@H]1CN(C(=O)NCC(F)(F)F)C[C@@H]1c1cnc2cnc3[nH]ccc3n12. The average Bonchev–Trinajstić information content (AvgIpc) is 3.33. The zero-order valence-corrected chi connectivity index (χ0v) is 15.8. The Labute approximate surface area is 154 Å². The normalized spacial score (nSPS) is 20.7. The van der Waals surface area contributed by atoms with Gasteiger partial charge in [0.05, 0.1) is 20.5 Å².